The highest BCUT2D eigenvalue weighted by atomic mass is 32.1. The maximum Gasteiger partial charge on any atom is 0.265 e. The van der Waals surface area contributed by atoms with E-state index in [0.717, 1.165) is 33.4 Å². The number of aryl methyl sites for hydroxylation is 1. The van der Waals surface area contributed by atoms with Crippen molar-refractivity contribution in [3.05, 3.63) is 74.2 Å². The summed E-state index contributed by atoms with van der Waals surface area (Å²) >= 11 is 1.34. The molecule has 0 unspecified atom stereocenters. The first-order valence-electron chi connectivity index (χ1n) is 10.3. The van der Waals surface area contributed by atoms with Crippen LogP contribution < -0.4 is 10.3 Å². The van der Waals surface area contributed by atoms with E-state index < -0.39 is 0 Å². The largest absolute Gasteiger partial charge is 0.494 e. The fourth-order valence-electron chi connectivity index (χ4n) is 4.36. The van der Waals surface area contributed by atoms with Gasteiger partial charge in [-0.05, 0) is 42.3 Å². The van der Waals surface area contributed by atoms with Crippen molar-refractivity contribution in [2.75, 3.05) is 13.7 Å². The van der Waals surface area contributed by atoms with Gasteiger partial charge in [0.05, 0.1) is 18.8 Å². The Kier molecular flexibility index (Phi) is 5.01. The molecule has 32 heavy (non-hydrogen) atoms. The molecule has 5 rings (SSSR count). The lowest BCUT2D eigenvalue weighted by molar-refractivity contribution is 0.0737. The number of hydrogen-bond acceptors (Lipinski definition) is 6. The molecule has 1 aromatic carbocycles. The lowest BCUT2D eigenvalue weighted by Crippen LogP contribution is -2.38. The highest BCUT2D eigenvalue weighted by Crippen LogP contribution is 2.33. The van der Waals surface area contributed by atoms with Crippen LogP contribution in [0.1, 0.15) is 26.6 Å². The number of pyridine rings is 2. The average molecular weight is 447 g/mol. The third-order valence-electron chi connectivity index (χ3n) is 6.01. The molecule has 7 nitrogen and oxygen atoms in total. The molecule has 0 N–H and O–H groups in total. The Morgan fingerprint density at radius 2 is 2.03 bits per heavy atom. The van der Waals surface area contributed by atoms with Gasteiger partial charge in [0, 0.05) is 48.9 Å². The molecule has 1 aliphatic heterocycles. The number of aromatic nitrogens is 3. The Morgan fingerprint density at radius 1 is 1.19 bits per heavy atom. The quantitative estimate of drug-likeness (QED) is 0.481. The Bertz CT molecular complexity index is 1410. The summed E-state index contributed by atoms with van der Waals surface area (Å²) in [6.07, 6.45) is 2.24. The Hall–Kier alpha value is -3.52. The van der Waals surface area contributed by atoms with E-state index in [2.05, 4.69) is 9.97 Å². The number of hydrogen-bond donors (Lipinski definition) is 0. The summed E-state index contributed by atoms with van der Waals surface area (Å²) in [5.41, 5.74) is 6.57. The predicted molar refractivity (Wildman–Crippen MR) is 124 cm³/mol. The number of carbonyl (C=O) groups excluding carboxylic acids is 1. The molecular weight excluding hydrogens is 424 g/mol. The fourth-order valence-corrected chi connectivity index (χ4v) is 4.95. The molecule has 1 amide bonds. The summed E-state index contributed by atoms with van der Waals surface area (Å²) in [4.78, 5) is 37.3. The van der Waals surface area contributed by atoms with Crippen molar-refractivity contribution in [2.45, 2.75) is 19.9 Å². The molecule has 0 fully saturated rings. The zero-order chi connectivity index (χ0) is 22.4. The number of amides is 1. The Balaban J connectivity index is 1.63. The van der Waals surface area contributed by atoms with E-state index in [1.807, 2.05) is 42.2 Å². The molecule has 3 aromatic heterocycles. The maximum atomic E-state index is 13.3. The second-order valence-electron chi connectivity index (χ2n) is 7.90. The molecule has 0 atom stereocenters. The number of methoxy groups -OCH3 is 1. The SMILES string of the molecule is COc1ccc(-c2cc3c(n(C)c2=O)CCN(C(=O)c2cncs2)C3)c2ccc(C)nc12. The number of fused-ring (bicyclic) bond motifs is 2. The molecule has 0 radical (unpaired) electrons. The Labute approximate surface area is 188 Å². The minimum absolute atomic E-state index is 0.0249. The van der Waals surface area contributed by atoms with Crippen molar-refractivity contribution in [2.24, 2.45) is 7.05 Å². The first kappa shape index (κ1) is 20.4. The van der Waals surface area contributed by atoms with Crippen LogP contribution in [0.25, 0.3) is 22.0 Å². The van der Waals surface area contributed by atoms with Crippen molar-refractivity contribution < 1.29 is 9.53 Å². The van der Waals surface area contributed by atoms with Gasteiger partial charge in [0.15, 0.2) is 0 Å². The molecule has 8 heteroatoms. The number of benzene rings is 1. The minimum atomic E-state index is -0.0574. The van der Waals surface area contributed by atoms with E-state index in [9.17, 15) is 9.59 Å². The van der Waals surface area contributed by atoms with Crippen LogP contribution in [0.2, 0.25) is 0 Å². The normalized spacial score (nSPS) is 13.3. The highest BCUT2D eigenvalue weighted by Gasteiger charge is 2.26. The molecule has 4 aromatic rings. The first-order chi connectivity index (χ1) is 15.5. The zero-order valence-corrected chi connectivity index (χ0v) is 18.9. The third kappa shape index (κ3) is 3.27. The summed E-state index contributed by atoms with van der Waals surface area (Å²) in [6, 6.07) is 9.61. The number of carbonyl (C=O) groups is 1. The zero-order valence-electron chi connectivity index (χ0n) is 18.1. The predicted octanol–water partition coefficient (Wildman–Crippen LogP) is 3.57. The summed E-state index contributed by atoms with van der Waals surface area (Å²) in [5.74, 6) is 0.645. The van der Waals surface area contributed by atoms with E-state index >= 15 is 0 Å². The molecule has 0 spiro atoms. The second-order valence-corrected chi connectivity index (χ2v) is 8.79. The molecule has 4 heterocycles. The van der Waals surface area contributed by atoms with E-state index in [1.165, 1.54) is 11.3 Å². The van der Waals surface area contributed by atoms with Crippen LogP contribution in [0.5, 0.6) is 5.75 Å². The lowest BCUT2D eigenvalue weighted by Gasteiger charge is -2.30. The van der Waals surface area contributed by atoms with Crippen LogP contribution in [0, 0.1) is 6.92 Å². The van der Waals surface area contributed by atoms with E-state index in [-0.39, 0.29) is 11.5 Å². The smallest absolute Gasteiger partial charge is 0.265 e. The molecule has 0 bridgehead atoms. The third-order valence-corrected chi connectivity index (χ3v) is 6.77. The fraction of sp³-hybridized carbons (Fsp3) is 0.250. The van der Waals surface area contributed by atoms with Gasteiger partial charge in [-0.25, -0.2) is 4.98 Å². The molecule has 0 aliphatic carbocycles. The van der Waals surface area contributed by atoms with Gasteiger partial charge in [-0.2, -0.15) is 0 Å². The van der Waals surface area contributed by atoms with Crippen LogP contribution in [0.3, 0.4) is 0 Å². The van der Waals surface area contributed by atoms with Crippen molar-refractivity contribution in [1.29, 1.82) is 0 Å². The molecule has 162 valence electrons. The number of thiazole rings is 1. The van der Waals surface area contributed by atoms with Gasteiger partial charge < -0.3 is 14.2 Å². The van der Waals surface area contributed by atoms with E-state index in [0.29, 0.717) is 35.7 Å². The minimum Gasteiger partial charge on any atom is -0.494 e. The van der Waals surface area contributed by atoms with Gasteiger partial charge in [-0.3, -0.25) is 14.6 Å². The summed E-state index contributed by atoms with van der Waals surface area (Å²) in [7, 11) is 3.42. The lowest BCUT2D eigenvalue weighted by atomic mass is 9.96. The van der Waals surface area contributed by atoms with Crippen LogP contribution in [-0.2, 0) is 20.0 Å². The summed E-state index contributed by atoms with van der Waals surface area (Å²) in [5, 5.41) is 0.861. The van der Waals surface area contributed by atoms with Gasteiger partial charge in [0.25, 0.3) is 11.5 Å². The van der Waals surface area contributed by atoms with Crippen molar-refractivity contribution in [1.82, 2.24) is 19.4 Å². The maximum absolute atomic E-state index is 13.3. The van der Waals surface area contributed by atoms with Gasteiger partial charge in [0.2, 0.25) is 0 Å². The molecule has 0 saturated heterocycles. The summed E-state index contributed by atoms with van der Waals surface area (Å²) in [6.45, 7) is 2.96. The van der Waals surface area contributed by atoms with Crippen LogP contribution in [0.4, 0.5) is 0 Å². The molecule has 0 saturated carbocycles. The summed E-state index contributed by atoms with van der Waals surface area (Å²) < 4.78 is 7.22. The van der Waals surface area contributed by atoms with Crippen molar-refractivity contribution in [3.8, 4) is 16.9 Å². The van der Waals surface area contributed by atoms with Crippen LogP contribution in [0.15, 0.2) is 46.8 Å². The second kappa shape index (κ2) is 7.87. The van der Waals surface area contributed by atoms with Crippen molar-refractivity contribution >= 4 is 28.1 Å². The number of ether oxygens (including phenoxy) is 1. The highest BCUT2D eigenvalue weighted by molar-refractivity contribution is 7.11. The average Bonchev–Trinajstić information content (AvgIpc) is 3.35. The van der Waals surface area contributed by atoms with Gasteiger partial charge in [-0.15, -0.1) is 11.3 Å². The number of rotatable bonds is 3. The first-order valence-corrected chi connectivity index (χ1v) is 11.2. The molecular formula is C24H22N4O3S. The van der Waals surface area contributed by atoms with Crippen molar-refractivity contribution in [3.63, 3.8) is 0 Å². The van der Waals surface area contributed by atoms with E-state index in [1.54, 1.807) is 30.4 Å². The monoisotopic (exact) mass is 446 g/mol. The van der Waals surface area contributed by atoms with Gasteiger partial charge in [0.1, 0.15) is 16.1 Å². The van der Waals surface area contributed by atoms with Gasteiger partial charge in [-0.1, -0.05) is 6.07 Å². The standard InChI is InChI=1S/C24H22N4O3S/c1-14-4-5-17-16(6-7-20(31-3)22(17)26-14)18-10-15-12-28(24(30)21-11-25-13-32-21)9-8-19(15)27(2)23(18)29/h4-7,10-11,13H,8-9,12H2,1-3H3. The van der Waals surface area contributed by atoms with Gasteiger partial charge >= 0.3 is 0 Å². The van der Waals surface area contributed by atoms with Crippen LogP contribution in [-0.4, -0.2) is 39.0 Å². The van der Waals surface area contributed by atoms with Crippen LogP contribution >= 0.6 is 11.3 Å². The van der Waals surface area contributed by atoms with E-state index in [4.69, 9.17) is 4.74 Å². The molecule has 1 aliphatic rings. The number of nitrogens with zero attached hydrogens (tertiary/aromatic N) is 4. The Morgan fingerprint density at radius 3 is 2.78 bits per heavy atom. The topological polar surface area (TPSA) is 77.3 Å².